The summed E-state index contributed by atoms with van der Waals surface area (Å²) >= 11 is 5.85. The number of esters is 1. The summed E-state index contributed by atoms with van der Waals surface area (Å²) in [6, 6.07) is 13.3. The Morgan fingerprint density at radius 3 is 2.43 bits per heavy atom. The number of anilines is 3. The predicted octanol–water partition coefficient (Wildman–Crippen LogP) is 2.25. The number of nitrogens with zero attached hydrogens (tertiary/aromatic N) is 2. The number of ether oxygens (including phenoxy) is 1. The van der Waals surface area contributed by atoms with Crippen molar-refractivity contribution in [2.24, 2.45) is 5.92 Å². The van der Waals surface area contributed by atoms with Crippen molar-refractivity contribution < 1.29 is 14.3 Å². The largest absolute Gasteiger partial charge is 0.452 e. The van der Waals surface area contributed by atoms with Crippen molar-refractivity contribution >= 4 is 40.7 Å². The zero-order valence-corrected chi connectivity index (χ0v) is 20.0. The maximum Gasteiger partial charge on any atom is 0.340 e. The van der Waals surface area contributed by atoms with Crippen LogP contribution in [0.15, 0.2) is 58.1 Å². The van der Waals surface area contributed by atoms with Gasteiger partial charge in [-0.25, -0.2) is 9.59 Å². The van der Waals surface area contributed by atoms with Gasteiger partial charge in [0.2, 0.25) is 0 Å². The second-order valence-corrected chi connectivity index (χ2v) is 8.71. The van der Waals surface area contributed by atoms with Gasteiger partial charge in [0, 0.05) is 17.3 Å². The highest BCUT2D eigenvalue weighted by Crippen LogP contribution is 2.21. The molecule has 10 nitrogen and oxygen atoms in total. The van der Waals surface area contributed by atoms with Crippen molar-refractivity contribution in [3.63, 3.8) is 0 Å². The lowest BCUT2D eigenvalue weighted by Crippen LogP contribution is -2.44. The molecule has 35 heavy (non-hydrogen) atoms. The van der Waals surface area contributed by atoms with Gasteiger partial charge >= 0.3 is 11.7 Å². The molecule has 0 bridgehead atoms. The number of nitrogens with two attached hydrogens (primary N) is 2. The third kappa shape index (κ3) is 6.10. The summed E-state index contributed by atoms with van der Waals surface area (Å²) in [5.41, 5.74) is 11.2. The molecule has 0 atom stereocenters. The van der Waals surface area contributed by atoms with Crippen LogP contribution in [-0.4, -0.2) is 34.6 Å². The lowest BCUT2D eigenvalue weighted by atomic mass is 10.2. The number of amides is 1. The van der Waals surface area contributed by atoms with E-state index in [0.29, 0.717) is 5.02 Å². The van der Waals surface area contributed by atoms with Crippen LogP contribution in [0.3, 0.4) is 0 Å². The van der Waals surface area contributed by atoms with Crippen LogP contribution in [0.2, 0.25) is 5.02 Å². The van der Waals surface area contributed by atoms with Crippen LogP contribution in [0.5, 0.6) is 0 Å². The molecular formula is C24H26ClN5O5. The van der Waals surface area contributed by atoms with Gasteiger partial charge in [-0.2, -0.15) is 0 Å². The minimum Gasteiger partial charge on any atom is -0.452 e. The highest BCUT2D eigenvalue weighted by Gasteiger charge is 2.26. The minimum absolute atomic E-state index is 0.0476. The van der Waals surface area contributed by atoms with Crippen LogP contribution in [0.4, 0.5) is 17.2 Å². The molecule has 5 N–H and O–H groups in total. The number of hydrogen-bond acceptors (Lipinski definition) is 7. The molecule has 1 aromatic heterocycles. The fraction of sp³-hybridized carbons (Fsp3) is 0.250. The summed E-state index contributed by atoms with van der Waals surface area (Å²) in [4.78, 5) is 54.1. The molecule has 0 saturated heterocycles. The Bertz CT molecular complexity index is 1350. The summed E-state index contributed by atoms with van der Waals surface area (Å²) < 4.78 is 6.32. The number of halogens is 1. The van der Waals surface area contributed by atoms with E-state index in [4.69, 9.17) is 27.8 Å². The normalized spacial score (nSPS) is 10.9. The number of nitrogen functional groups attached to an aromatic ring is 2. The number of carbonyl (C=O) groups excluding carboxylic acids is 2. The maximum atomic E-state index is 13.1. The lowest BCUT2D eigenvalue weighted by Gasteiger charge is -2.26. The van der Waals surface area contributed by atoms with E-state index in [1.54, 1.807) is 24.3 Å². The summed E-state index contributed by atoms with van der Waals surface area (Å²) in [7, 11) is 0. The van der Waals surface area contributed by atoms with E-state index >= 15 is 0 Å². The second kappa shape index (κ2) is 10.9. The predicted molar refractivity (Wildman–Crippen MR) is 135 cm³/mol. The molecule has 3 rings (SSSR count). The van der Waals surface area contributed by atoms with Crippen LogP contribution in [-0.2, 0) is 16.1 Å². The third-order valence-corrected chi connectivity index (χ3v) is 5.31. The van der Waals surface area contributed by atoms with Crippen molar-refractivity contribution in [3.8, 4) is 0 Å². The highest BCUT2D eigenvalue weighted by molar-refractivity contribution is 6.31. The minimum atomic E-state index is -0.826. The molecule has 0 aliphatic heterocycles. The number of aromatic nitrogens is 2. The molecule has 11 heteroatoms. The summed E-state index contributed by atoms with van der Waals surface area (Å²) in [5, 5.41) is 0.346. The Morgan fingerprint density at radius 1 is 1.11 bits per heavy atom. The Labute approximate surface area is 206 Å². The van der Waals surface area contributed by atoms with Crippen molar-refractivity contribution in [1.29, 1.82) is 0 Å². The van der Waals surface area contributed by atoms with Gasteiger partial charge in [0.15, 0.2) is 12.3 Å². The van der Waals surface area contributed by atoms with E-state index in [2.05, 4.69) is 4.98 Å². The topological polar surface area (TPSA) is 154 Å². The van der Waals surface area contributed by atoms with Crippen molar-refractivity contribution in [3.05, 3.63) is 85.5 Å². The third-order valence-electron chi connectivity index (χ3n) is 5.08. The molecule has 0 saturated carbocycles. The smallest absolute Gasteiger partial charge is 0.340 e. The van der Waals surface area contributed by atoms with E-state index in [1.807, 2.05) is 19.9 Å². The first kappa shape index (κ1) is 25.6. The van der Waals surface area contributed by atoms with Crippen molar-refractivity contribution in [2.45, 2.75) is 20.4 Å². The zero-order chi connectivity index (χ0) is 25.7. The summed E-state index contributed by atoms with van der Waals surface area (Å²) in [5.74, 6) is -1.77. The van der Waals surface area contributed by atoms with Gasteiger partial charge in [0.05, 0.1) is 12.1 Å². The van der Waals surface area contributed by atoms with Crippen LogP contribution in [0.25, 0.3) is 0 Å². The summed E-state index contributed by atoms with van der Waals surface area (Å²) in [6.07, 6.45) is 0. The van der Waals surface area contributed by atoms with Gasteiger partial charge in [-0.05, 0) is 29.7 Å². The number of aromatic amines is 1. The molecule has 0 aliphatic rings. The molecule has 2 aromatic carbocycles. The first-order valence-electron chi connectivity index (χ1n) is 10.8. The number of rotatable bonds is 8. The molecule has 1 amide bonds. The number of benzene rings is 2. The number of H-pyrrole nitrogens is 1. The fourth-order valence-corrected chi connectivity index (χ4v) is 3.63. The van der Waals surface area contributed by atoms with E-state index in [0.717, 1.165) is 10.5 Å². The monoisotopic (exact) mass is 499 g/mol. The highest BCUT2D eigenvalue weighted by atomic mass is 35.5. The van der Waals surface area contributed by atoms with E-state index in [1.165, 1.54) is 22.8 Å². The SMILES string of the molecule is CC(C)CN(C(=O)COC(=O)c1ccc(Cl)cc1N)c1c(N)n(Cc2ccccc2)c(=O)[nH]c1=O. The Morgan fingerprint density at radius 2 is 1.80 bits per heavy atom. The number of carbonyl (C=O) groups is 2. The first-order valence-corrected chi connectivity index (χ1v) is 11.1. The van der Waals surface area contributed by atoms with Crippen molar-refractivity contribution in [2.75, 3.05) is 29.5 Å². The van der Waals surface area contributed by atoms with Gasteiger partial charge in [-0.3, -0.25) is 19.1 Å². The first-order chi connectivity index (χ1) is 16.6. The van der Waals surface area contributed by atoms with Crippen molar-refractivity contribution in [1.82, 2.24) is 9.55 Å². The van der Waals surface area contributed by atoms with Crippen LogP contribution in [0.1, 0.15) is 29.8 Å². The molecule has 184 valence electrons. The van der Waals surface area contributed by atoms with Crippen LogP contribution in [0, 0.1) is 5.92 Å². The van der Waals surface area contributed by atoms with E-state index in [-0.39, 0.29) is 41.8 Å². The second-order valence-electron chi connectivity index (χ2n) is 8.27. The Kier molecular flexibility index (Phi) is 7.98. The molecule has 1 heterocycles. The molecule has 0 radical (unpaired) electrons. The fourth-order valence-electron chi connectivity index (χ4n) is 3.45. The van der Waals surface area contributed by atoms with Crippen LogP contribution < -0.4 is 27.6 Å². The standard InChI is InChI=1S/C24H26ClN5O5/c1-14(2)11-29(19(31)13-35-23(33)17-9-8-16(25)10-18(17)26)20-21(27)30(24(34)28-22(20)32)12-15-6-4-3-5-7-15/h3-10,14H,11-13,26-27H2,1-2H3,(H,28,32,34). The molecule has 3 aromatic rings. The van der Waals surface area contributed by atoms with Gasteiger partial charge in [-0.1, -0.05) is 55.8 Å². The molecule has 0 aliphatic carbocycles. The van der Waals surface area contributed by atoms with Gasteiger partial charge < -0.3 is 21.1 Å². The molecule has 0 spiro atoms. The average molecular weight is 500 g/mol. The Balaban J connectivity index is 1.91. The van der Waals surface area contributed by atoms with E-state index < -0.39 is 29.7 Å². The zero-order valence-electron chi connectivity index (χ0n) is 19.3. The van der Waals surface area contributed by atoms with E-state index in [9.17, 15) is 19.2 Å². The number of hydrogen-bond donors (Lipinski definition) is 3. The maximum absolute atomic E-state index is 13.1. The average Bonchev–Trinajstić information content (AvgIpc) is 2.79. The molecule has 0 unspecified atom stereocenters. The molecular weight excluding hydrogens is 474 g/mol. The number of nitrogens with one attached hydrogen (secondary N) is 1. The van der Waals surface area contributed by atoms with Gasteiger partial charge in [-0.15, -0.1) is 0 Å². The Hall–Kier alpha value is -4.05. The lowest BCUT2D eigenvalue weighted by molar-refractivity contribution is -0.121. The summed E-state index contributed by atoms with van der Waals surface area (Å²) in [6.45, 7) is 3.18. The quantitative estimate of drug-likeness (QED) is 0.317. The molecule has 0 fully saturated rings. The van der Waals surface area contributed by atoms with Gasteiger partial charge in [0.1, 0.15) is 5.82 Å². The van der Waals surface area contributed by atoms with Gasteiger partial charge in [0.25, 0.3) is 11.5 Å². The van der Waals surface area contributed by atoms with Crippen LogP contribution >= 0.6 is 11.6 Å².